The molecule has 0 fully saturated rings. The van der Waals surface area contributed by atoms with Gasteiger partial charge in [0.25, 0.3) is 5.56 Å². The van der Waals surface area contributed by atoms with Crippen LogP contribution in [-0.2, 0) is 11.3 Å². The summed E-state index contributed by atoms with van der Waals surface area (Å²) in [4.78, 5) is 42.7. The first-order valence-corrected chi connectivity index (χ1v) is 9.14. The van der Waals surface area contributed by atoms with Crippen LogP contribution in [0.1, 0.15) is 40.7 Å². The minimum Gasteiger partial charge on any atom is -0.317 e. The fourth-order valence-corrected chi connectivity index (χ4v) is 3.00. The van der Waals surface area contributed by atoms with Crippen molar-refractivity contribution in [3.63, 3.8) is 0 Å². The van der Waals surface area contributed by atoms with Crippen molar-refractivity contribution in [3.8, 4) is 5.69 Å². The minimum absolute atomic E-state index is 0.000347. The van der Waals surface area contributed by atoms with Gasteiger partial charge in [-0.2, -0.15) is 0 Å². The molecule has 9 heteroatoms. The molecule has 154 valence electrons. The number of fused-ring (bicyclic) bond motifs is 1. The molecule has 0 N–H and O–H groups in total. The maximum atomic E-state index is 14.5. The van der Waals surface area contributed by atoms with Gasteiger partial charge in [-0.3, -0.25) is 14.2 Å². The molecule has 0 amide bonds. The molecule has 0 bridgehead atoms. The minimum atomic E-state index is -0.970. The Hall–Kier alpha value is -3.10. The van der Waals surface area contributed by atoms with Crippen LogP contribution in [0.4, 0.5) is 8.78 Å². The molecule has 0 aliphatic rings. The summed E-state index contributed by atoms with van der Waals surface area (Å²) in [7, 11) is 0. The number of rotatable bonds is 4. The summed E-state index contributed by atoms with van der Waals surface area (Å²) in [5.41, 5.74) is -2.40. The van der Waals surface area contributed by atoms with Gasteiger partial charge >= 0.3 is 5.69 Å². The van der Waals surface area contributed by atoms with Crippen molar-refractivity contribution in [2.24, 2.45) is 5.41 Å². The van der Waals surface area contributed by atoms with E-state index in [1.54, 1.807) is 34.6 Å². The highest BCUT2D eigenvalue weighted by Gasteiger charge is 2.26. The van der Waals surface area contributed by atoms with E-state index in [1.165, 1.54) is 10.9 Å². The van der Waals surface area contributed by atoms with Gasteiger partial charge in [-0.25, -0.2) is 23.1 Å². The summed E-state index contributed by atoms with van der Waals surface area (Å²) in [6, 6.07) is 2.25. The van der Waals surface area contributed by atoms with Crippen LogP contribution in [0.5, 0.6) is 0 Å². The topological polar surface area (TPSA) is 78.9 Å². The van der Waals surface area contributed by atoms with E-state index >= 15 is 0 Å². The standard InChI is InChI=1S/C20H22F2N4O3/c1-11(2)25-18(28)16-17(23-10-24(16)9-15(27)20(3,4)5)26(19(25)29)14-7-6-12(21)8-13(14)22/h6-8,10-11H,9H2,1-5H3. The summed E-state index contributed by atoms with van der Waals surface area (Å²) in [6.45, 7) is 8.42. The van der Waals surface area contributed by atoms with E-state index in [-0.39, 0.29) is 29.2 Å². The molecule has 3 aromatic rings. The highest BCUT2D eigenvalue weighted by molar-refractivity contribution is 5.85. The molecule has 0 unspecified atom stereocenters. The third-order valence-corrected chi connectivity index (χ3v) is 4.67. The number of carbonyl (C=O) groups excluding carboxylic acids is 1. The van der Waals surface area contributed by atoms with E-state index < -0.39 is 34.3 Å². The molecule has 0 aliphatic carbocycles. The lowest BCUT2D eigenvalue weighted by atomic mass is 9.91. The number of hydrogen-bond acceptors (Lipinski definition) is 4. The molecular formula is C20H22F2N4O3. The average molecular weight is 404 g/mol. The number of halogens is 2. The second kappa shape index (κ2) is 7.06. The van der Waals surface area contributed by atoms with Gasteiger partial charge in [-0.1, -0.05) is 20.8 Å². The summed E-state index contributed by atoms with van der Waals surface area (Å²) < 4.78 is 31.1. The summed E-state index contributed by atoms with van der Waals surface area (Å²) >= 11 is 0. The van der Waals surface area contributed by atoms with Crippen molar-refractivity contribution >= 4 is 16.9 Å². The molecule has 2 heterocycles. The van der Waals surface area contributed by atoms with Crippen LogP contribution in [0.3, 0.4) is 0 Å². The first-order chi connectivity index (χ1) is 13.4. The van der Waals surface area contributed by atoms with Crippen LogP contribution in [0.15, 0.2) is 34.1 Å². The van der Waals surface area contributed by atoms with Crippen LogP contribution >= 0.6 is 0 Å². The summed E-state index contributed by atoms with van der Waals surface area (Å²) in [6.07, 6.45) is 1.28. The van der Waals surface area contributed by atoms with E-state index in [0.717, 1.165) is 21.3 Å². The van der Waals surface area contributed by atoms with Gasteiger partial charge in [0.1, 0.15) is 11.6 Å². The second-order valence-corrected chi connectivity index (χ2v) is 8.20. The molecule has 29 heavy (non-hydrogen) atoms. The number of Topliss-reactive ketones (excluding diaryl/α,β-unsaturated/α-hetero) is 1. The summed E-state index contributed by atoms with van der Waals surface area (Å²) in [5, 5.41) is 0. The molecule has 2 aromatic heterocycles. The van der Waals surface area contributed by atoms with Crippen LogP contribution in [0, 0.1) is 17.0 Å². The molecule has 1 aromatic carbocycles. The number of nitrogens with zero attached hydrogens (tertiary/aromatic N) is 4. The number of imidazole rings is 1. The third-order valence-electron chi connectivity index (χ3n) is 4.67. The van der Waals surface area contributed by atoms with E-state index in [0.29, 0.717) is 6.07 Å². The lowest BCUT2D eigenvalue weighted by Crippen LogP contribution is -2.41. The zero-order valence-electron chi connectivity index (χ0n) is 16.9. The molecular weight excluding hydrogens is 382 g/mol. The maximum absolute atomic E-state index is 14.5. The molecule has 0 saturated heterocycles. The Morgan fingerprint density at radius 3 is 2.38 bits per heavy atom. The van der Waals surface area contributed by atoms with Gasteiger partial charge in [0.15, 0.2) is 16.9 Å². The lowest BCUT2D eigenvalue weighted by molar-refractivity contribution is -0.126. The quantitative estimate of drug-likeness (QED) is 0.670. The van der Waals surface area contributed by atoms with Crippen molar-refractivity contribution in [3.05, 3.63) is 57.0 Å². The second-order valence-electron chi connectivity index (χ2n) is 8.20. The highest BCUT2D eigenvalue weighted by Crippen LogP contribution is 2.20. The SMILES string of the molecule is CC(C)n1c(=O)c2c(ncn2CC(=O)C(C)(C)C)n(-c2ccc(F)cc2F)c1=O. The fourth-order valence-electron chi connectivity index (χ4n) is 3.00. The average Bonchev–Trinajstić information content (AvgIpc) is 2.99. The maximum Gasteiger partial charge on any atom is 0.337 e. The van der Waals surface area contributed by atoms with Crippen molar-refractivity contribution < 1.29 is 13.6 Å². The first kappa shape index (κ1) is 20.6. The Balaban J connectivity index is 2.40. The Bertz CT molecular complexity index is 1230. The summed E-state index contributed by atoms with van der Waals surface area (Å²) in [5.74, 6) is -1.91. The molecule has 0 radical (unpaired) electrons. The van der Waals surface area contributed by atoms with Crippen LogP contribution in [0.2, 0.25) is 0 Å². The molecule has 0 saturated carbocycles. The number of aromatic nitrogens is 4. The fraction of sp³-hybridized carbons (Fsp3) is 0.400. The van der Waals surface area contributed by atoms with Gasteiger partial charge in [0.05, 0.1) is 18.6 Å². The monoisotopic (exact) mass is 404 g/mol. The Kier molecular flexibility index (Phi) is 5.02. The van der Waals surface area contributed by atoms with Crippen molar-refractivity contribution in [2.45, 2.75) is 47.2 Å². The Morgan fingerprint density at radius 1 is 1.17 bits per heavy atom. The number of hydrogen-bond donors (Lipinski definition) is 0. The number of carbonyl (C=O) groups is 1. The van der Waals surface area contributed by atoms with E-state index in [1.807, 2.05) is 0 Å². The predicted octanol–water partition coefficient (Wildman–Crippen LogP) is 2.82. The number of ketones is 1. The third kappa shape index (κ3) is 3.52. The van der Waals surface area contributed by atoms with Crippen LogP contribution in [-0.4, -0.2) is 24.5 Å². The van der Waals surface area contributed by atoms with Gasteiger partial charge in [0, 0.05) is 17.5 Å². The number of benzene rings is 1. The Labute approximate surface area is 165 Å². The van der Waals surface area contributed by atoms with Gasteiger partial charge < -0.3 is 4.57 Å². The van der Waals surface area contributed by atoms with E-state index in [4.69, 9.17) is 0 Å². The zero-order valence-corrected chi connectivity index (χ0v) is 16.9. The van der Waals surface area contributed by atoms with Crippen LogP contribution in [0.25, 0.3) is 16.9 Å². The first-order valence-electron chi connectivity index (χ1n) is 9.14. The van der Waals surface area contributed by atoms with Crippen molar-refractivity contribution in [1.29, 1.82) is 0 Å². The van der Waals surface area contributed by atoms with Crippen molar-refractivity contribution in [2.75, 3.05) is 0 Å². The van der Waals surface area contributed by atoms with Gasteiger partial charge in [-0.15, -0.1) is 0 Å². The smallest absolute Gasteiger partial charge is 0.317 e. The normalized spacial score (nSPS) is 12.1. The molecule has 0 atom stereocenters. The van der Waals surface area contributed by atoms with E-state index in [2.05, 4.69) is 4.98 Å². The van der Waals surface area contributed by atoms with Gasteiger partial charge in [0.2, 0.25) is 0 Å². The Morgan fingerprint density at radius 2 is 1.83 bits per heavy atom. The lowest BCUT2D eigenvalue weighted by Gasteiger charge is -2.18. The highest BCUT2D eigenvalue weighted by atomic mass is 19.1. The predicted molar refractivity (Wildman–Crippen MR) is 104 cm³/mol. The van der Waals surface area contributed by atoms with Crippen molar-refractivity contribution in [1.82, 2.24) is 18.7 Å². The van der Waals surface area contributed by atoms with Crippen LogP contribution < -0.4 is 11.2 Å². The molecule has 3 rings (SSSR count). The largest absolute Gasteiger partial charge is 0.337 e. The zero-order chi connectivity index (χ0) is 21.7. The molecule has 7 nitrogen and oxygen atoms in total. The molecule has 0 aliphatic heterocycles. The van der Waals surface area contributed by atoms with E-state index in [9.17, 15) is 23.2 Å². The molecule has 0 spiro atoms. The van der Waals surface area contributed by atoms with Gasteiger partial charge in [-0.05, 0) is 26.0 Å².